The van der Waals surface area contributed by atoms with Crippen molar-refractivity contribution >= 4 is 13.7 Å². The molecular weight excluding hydrogens is 864 g/mol. The standard InChI is InChI=1S/C59H105N2O6P/c1-6-8-10-12-13-14-15-16-17-18-19-20-21-22-23-24-25-26-27-28-29-30-31-32-33-34-35-36-37-38-39-40-41-42-43-44-45-46-47-49-51-53-59(63)60-57(58(62)52-50-48-11-9-7-2)56-67-68(64,65)66-55-54-61(3,4)5/h8,10,13-14,16-17,19-20,22-23,25-26,28-29,50,52,57-58,62H,6-7,9,11-12,15,18,21,24,27,30-49,51,53-56H2,1-5H3,(H-,60,63,64,65)/p+1/b10-8-,14-13-,17-16-,20-19-,23-22-,26-25-,29-28-,52-50+. The molecule has 3 atom stereocenters. The van der Waals surface area contributed by atoms with Crippen molar-refractivity contribution in [1.29, 1.82) is 0 Å². The SMILES string of the molecule is CC/C=C\C/C=C\C/C=C\C/C=C\C/C=C\C/C=C\C/C=C\CCCCCCCCCCCCCCCCCCCCCC(=O)NC(COP(=O)(O)OCC[N+](C)(C)C)C(O)/C=C/CCCCC. The summed E-state index contributed by atoms with van der Waals surface area (Å²) in [7, 11) is 1.56. The van der Waals surface area contributed by atoms with Gasteiger partial charge in [0.2, 0.25) is 5.91 Å². The van der Waals surface area contributed by atoms with Gasteiger partial charge in [-0.15, -0.1) is 0 Å². The van der Waals surface area contributed by atoms with Crippen LogP contribution in [0.3, 0.4) is 0 Å². The van der Waals surface area contributed by atoms with Crippen molar-refractivity contribution in [2.24, 2.45) is 0 Å². The minimum absolute atomic E-state index is 0.0587. The van der Waals surface area contributed by atoms with Gasteiger partial charge in [0.1, 0.15) is 13.2 Å². The molecule has 8 nitrogen and oxygen atoms in total. The Balaban J connectivity index is 3.76. The summed E-state index contributed by atoms with van der Waals surface area (Å²) in [6.07, 6.45) is 71.5. The highest BCUT2D eigenvalue weighted by molar-refractivity contribution is 7.47. The number of allylic oxidation sites excluding steroid dienone is 15. The second-order valence-electron chi connectivity index (χ2n) is 19.6. The van der Waals surface area contributed by atoms with E-state index in [0.29, 0.717) is 17.4 Å². The van der Waals surface area contributed by atoms with E-state index in [1.54, 1.807) is 6.08 Å². The van der Waals surface area contributed by atoms with Gasteiger partial charge in [-0.25, -0.2) is 4.57 Å². The average Bonchev–Trinajstić information content (AvgIpc) is 3.30. The molecule has 68 heavy (non-hydrogen) atoms. The Bertz CT molecular complexity index is 1420. The van der Waals surface area contributed by atoms with Crippen molar-refractivity contribution in [1.82, 2.24) is 5.32 Å². The lowest BCUT2D eigenvalue weighted by Gasteiger charge is -2.25. The molecule has 0 radical (unpaired) electrons. The number of amides is 1. The third-order valence-electron chi connectivity index (χ3n) is 11.8. The van der Waals surface area contributed by atoms with Gasteiger partial charge in [0.05, 0.1) is 39.9 Å². The molecule has 0 aromatic carbocycles. The third-order valence-corrected chi connectivity index (χ3v) is 12.8. The van der Waals surface area contributed by atoms with E-state index >= 15 is 0 Å². The first-order chi connectivity index (χ1) is 33.0. The minimum atomic E-state index is -4.33. The van der Waals surface area contributed by atoms with Gasteiger partial charge in [-0.3, -0.25) is 13.8 Å². The molecule has 0 saturated heterocycles. The van der Waals surface area contributed by atoms with Crippen LogP contribution in [0, 0.1) is 0 Å². The molecule has 0 bridgehead atoms. The largest absolute Gasteiger partial charge is 0.472 e. The highest BCUT2D eigenvalue weighted by atomic mass is 31.2. The zero-order valence-electron chi connectivity index (χ0n) is 44.6. The molecule has 1 amide bonds. The number of phosphoric ester groups is 1. The molecule has 0 aliphatic rings. The molecule has 0 spiro atoms. The van der Waals surface area contributed by atoms with Crippen LogP contribution in [0.15, 0.2) is 97.2 Å². The van der Waals surface area contributed by atoms with Crippen molar-refractivity contribution < 1.29 is 32.9 Å². The van der Waals surface area contributed by atoms with Gasteiger partial charge in [-0.2, -0.15) is 0 Å². The summed E-state index contributed by atoms with van der Waals surface area (Å²) in [5, 5.41) is 13.6. The minimum Gasteiger partial charge on any atom is -0.387 e. The summed E-state index contributed by atoms with van der Waals surface area (Å²) in [6.45, 7) is 4.58. The maximum atomic E-state index is 12.8. The van der Waals surface area contributed by atoms with E-state index in [1.165, 1.54) is 109 Å². The average molecular weight is 970 g/mol. The Labute approximate surface area is 419 Å². The fourth-order valence-electron chi connectivity index (χ4n) is 7.49. The number of unbranched alkanes of at least 4 members (excludes halogenated alkanes) is 22. The first-order valence-corrected chi connectivity index (χ1v) is 29.1. The molecule has 0 fully saturated rings. The predicted molar refractivity (Wildman–Crippen MR) is 295 cm³/mol. The van der Waals surface area contributed by atoms with Crippen LogP contribution in [-0.4, -0.2) is 73.4 Å². The molecule has 0 heterocycles. The normalized spacial score (nSPS) is 14.8. The quantitative estimate of drug-likeness (QED) is 0.0243. The molecule has 3 unspecified atom stereocenters. The van der Waals surface area contributed by atoms with E-state index in [1.807, 2.05) is 27.2 Å². The maximum absolute atomic E-state index is 12.8. The fraction of sp³-hybridized carbons (Fsp3) is 0.712. The Kier molecular flexibility index (Phi) is 47.5. The zero-order valence-corrected chi connectivity index (χ0v) is 45.5. The monoisotopic (exact) mass is 970 g/mol. The molecule has 0 rings (SSSR count). The number of carbonyl (C=O) groups is 1. The third kappa shape index (κ3) is 51.3. The predicted octanol–water partition coefficient (Wildman–Crippen LogP) is 16.6. The van der Waals surface area contributed by atoms with E-state index in [9.17, 15) is 19.4 Å². The number of nitrogens with one attached hydrogen (secondary N) is 1. The number of carbonyl (C=O) groups excluding carboxylic acids is 1. The van der Waals surface area contributed by atoms with Crippen LogP contribution in [-0.2, 0) is 18.4 Å². The van der Waals surface area contributed by atoms with Gasteiger partial charge in [-0.1, -0.05) is 233 Å². The number of aliphatic hydroxyl groups excluding tert-OH is 1. The summed E-state index contributed by atoms with van der Waals surface area (Å²) < 4.78 is 23.4. The molecule has 0 aromatic heterocycles. The van der Waals surface area contributed by atoms with Crippen molar-refractivity contribution in [2.75, 3.05) is 40.9 Å². The Morgan fingerprint density at radius 1 is 0.515 bits per heavy atom. The smallest absolute Gasteiger partial charge is 0.387 e. The summed E-state index contributed by atoms with van der Waals surface area (Å²) in [5.41, 5.74) is 0. The second-order valence-corrected chi connectivity index (χ2v) is 21.0. The Morgan fingerprint density at radius 2 is 0.882 bits per heavy atom. The van der Waals surface area contributed by atoms with Crippen molar-refractivity contribution in [3.8, 4) is 0 Å². The molecule has 392 valence electrons. The van der Waals surface area contributed by atoms with Gasteiger partial charge in [0.25, 0.3) is 0 Å². The molecule has 0 aliphatic heterocycles. The van der Waals surface area contributed by atoms with Crippen LogP contribution >= 0.6 is 7.82 Å². The van der Waals surface area contributed by atoms with Crippen molar-refractivity contribution in [2.45, 2.75) is 231 Å². The lowest BCUT2D eigenvalue weighted by molar-refractivity contribution is -0.870. The van der Waals surface area contributed by atoms with E-state index in [4.69, 9.17) is 9.05 Å². The van der Waals surface area contributed by atoms with Crippen LogP contribution in [0.4, 0.5) is 0 Å². The summed E-state index contributed by atoms with van der Waals surface area (Å²) in [4.78, 5) is 23.0. The number of hydrogen-bond donors (Lipinski definition) is 3. The number of quaternary nitrogens is 1. The highest BCUT2D eigenvalue weighted by Crippen LogP contribution is 2.43. The fourth-order valence-corrected chi connectivity index (χ4v) is 8.23. The molecular formula is C59H106N2O6P+. The first-order valence-electron chi connectivity index (χ1n) is 27.6. The van der Waals surface area contributed by atoms with Gasteiger partial charge in [0, 0.05) is 6.42 Å². The van der Waals surface area contributed by atoms with E-state index in [2.05, 4.69) is 104 Å². The molecule has 0 aromatic rings. The zero-order chi connectivity index (χ0) is 49.9. The summed E-state index contributed by atoms with van der Waals surface area (Å²) in [6, 6.07) is -0.845. The van der Waals surface area contributed by atoms with Gasteiger partial charge >= 0.3 is 7.82 Å². The number of hydrogen-bond acceptors (Lipinski definition) is 5. The maximum Gasteiger partial charge on any atom is 0.472 e. The molecule has 0 saturated carbocycles. The number of nitrogens with zero attached hydrogens (tertiary/aromatic N) is 1. The molecule has 9 heteroatoms. The summed E-state index contributed by atoms with van der Waals surface area (Å²) in [5.74, 6) is -0.186. The van der Waals surface area contributed by atoms with Crippen LogP contribution < -0.4 is 5.32 Å². The Hall–Kier alpha value is -2.58. The van der Waals surface area contributed by atoms with Crippen molar-refractivity contribution in [3.63, 3.8) is 0 Å². The number of aliphatic hydroxyl groups is 1. The lowest BCUT2D eigenvalue weighted by Crippen LogP contribution is -2.45. The number of likely N-dealkylation sites (N-methyl/N-ethyl adjacent to an activating group) is 1. The van der Waals surface area contributed by atoms with Gasteiger partial charge in [0.15, 0.2) is 0 Å². The highest BCUT2D eigenvalue weighted by Gasteiger charge is 2.27. The summed E-state index contributed by atoms with van der Waals surface area (Å²) >= 11 is 0. The van der Waals surface area contributed by atoms with Crippen LogP contribution in [0.5, 0.6) is 0 Å². The van der Waals surface area contributed by atoms with Crippen molar-refractivity contribution in [3.05, 3.63) is 97.2 Å². The molecule has 3 N–H and O–H groups in total. The van der Waals surface area contributed by atoms with Gasteiger partial charge in [-0.05, 0) is 77.0 Å². The van der Waals surface area contributed by atoms with Gasteiger partial charge < -0.3 is 19.8 Å². The number of rotatable bonds is 49. The molecule has 0 aliphatic carbocycles. The second kappa shape index (κ2) is 49.4. The van der Waals surface area contributed by atoms with Crippen LogP contribution in [0.2, 0.25) is 0 Å². The van der Waals surface area contributed by atoms with E-state index in [0.717, 1.165) is 89.9 Å². The lowest BCUT2D eigenvalue weighted by atomic mass is 10.0. The Morgan fingerprint density at radius 3 is 1.29 bits per heavy atom. The van der Waals surface area contributed by atoms with Crippen LogP contribution in [0.1, 0.15) is 219 Å². The first kappa shape index (κ1) is 65.4. The van der Waals surface area contributed by atoms with E-state index in [-0.39, 0.29) is 19.1 Å². The number of phosphoric acid groups is 1. The topological polar surface area (TPSA) is 105 Å². The van der Waals surface area contributed by atoms with Crippen LogP contribution in [0.25, 0.3) is 0 Å². The van der Waals surface area contributed by atoms with E-state index < -0.39 is 20.0 Å².